The number of aliphatic carboxylic acids is 1. The number of carboxylic acids is 1. The molecule has 0 saturated heterocycles. The molecule has 0 aliphatic heterocycles. The normalized spacial score (nSPS) is 12.8. The maximum absolute atomic E-state index is 10.4. The summed E-state index contributed by atoms with van der Waals surface area (Å²) in [5.41, 5.74) is 0. The summed E-state index contributed by atoms with van der Waals surface area (Å²) in [6.07, 6.45) is 1.75. The van der Waals surface area contributed by atoms with Gasteiger partial charge in [-0.1, -0.05) is 0 Å². The second kappa shape index (κ2) is 4.18. The van der Waals surface area contributed by atoms with E-state index in [9.17, 15) is 4.79 Å². The van der Waals surface area contributed by atoms with Crippen LogP contribution in [0.4, 0.5) is 0 Å². The van der Waals surface area contributed by atoms with E-state index in [0.717, 1.165) is 5.01 Å². The molecule has 5 heteroatoms. The Labute approximate surface area is 74.3 Å². The van der Waals surface area contributed by atoms with E-state index in [-0.39, 0.29) is 12.5 Å². The first kappa shape index (κ1) is 9.15. The van der Waals surface area contributed by atoms with Crippen molar-refractivity contribution in [3.8, 4) is 0 Å². The van der Waals surface area contributed by atoms with Gasteiger partial charge in [0.2, 0.25) is 0 Å². The average Bonchev–Trinajstić information content (AvgIpc) is 2.51. The van der Waals surface area contributed by atoms with Gasteiger partial charge in [0, 0.05) is 11.6 Å². The molecule has 1 unspecified atom stereocenters. The zero-order chi connectivity index (χ0) is 8.97. The van der Waals surface area contributed by atoms with Crippen molar-refractivity contribution in [2.24, 2.45) is 0 Å². The highest BCUT2D eigenvalue weighted by Gasteiger charge is 2.14. The molecule has 1 aromatic rings. The van der Waals surface area contributed by atoms with Gasteiger partial charge in [-0.05, 0) is 7.05 Å². The molecular formula is C7H10N2O2S. The van der Waals surface area contributed by atoms with Crippen LogP contribution in [0.2, 0.25) is 0 Å². The van der Waals surface area contributed by atoms with E-state index in [2.05, 4.69) is 10.3 Å². The highest BCUT2D eigenvalue weighted by molar-refractivity contribution is 7.09. The largest absolute Gasteiger partial charge is 0.481 e. The lowest BCUT2D eigenvalue weighted by molar-refractivity contribution is -0.137. The van der Waals surface area contributed by atoms with Crippen LogP contribution in [0.1, 0.15) is 17.5 Å². The summed E-state index contributed by atoms with van der Waals surface area (Å²) in [7, 11) is 1.73. The molecule has 2 N–H and O–H groups in total. The van der Waals surface area contributed by atoms with E-state index in [1.807, 2.05) is 5.38 Å². The second-order valence-corrected chi connectivity index (χ2v) is 3.24. The summed E-state index contributed by atoms with van der Waals surface area (Å²) in [5.74, 6) is -0.815. The Kier molecular flexibility index (Phi) is 3.19. The fourth-order valence-electron chi connectivity index (χ4n) is 0.894. The minimum Gasteiger partial charge on any atom is -0.481 e. The van der Waals surface area contributed by atoms with E-state index in [4.69, 9.17) is 5.11 Å². The molecule has 0 radical (unpaired) electrons. The summed E-state index contributed by atoms with van der Waals surface area (Å²) >= 11 is 1.46. The topological polar surface area (TPSA) is 62.2 Å². The van der Waals surface area contributed by atoms with Gasteiger partial charge in [-0.3, -0.25) is 4.79 Å². The summed E-state index contributed by atoms with van der Waals surface area (Å²) in [5, 5.41) is 14.1. The molecule has 4 nitrogen and oxygen atoms in total. The van der Waals surface area contributed by atoms with E-state index in [0.29, 0.717) is 0 Å². The van der Waals surface area contributed by atoms with Crippen molar-refractivity contribution >= 4 is 17.3 Å². The van der Waals surface area contributed by atoms with Gasteiger partial charge in [-0.25, -0.2) is 4.98 Å². The van der Waals surface area contributed by atoms with Crippen molar-refractivity contribution in [1.29, 1.82) is 0 Å². The van der Waals surface area contributed by atoms with Crippen LogP contribution in [0, 0.1) is 0 Å². The van der Waals surface area contributed by atoms with Gasteiger partial charge in [-0.2, -0.15) is 0 Å². The Bertz CT molecular complexity index is 248. The third-order valence-corrected chi connectivity index (χ3v) is 2.37. The predicted octanol–water partition coefficient (Wildman–Crippen LogP) is 0.878. The highest BCUT2D eigenvalue weighted by Crippen LogP contribution is 2.18. The summed E-state index contributed by atoms with van der Waals surface area (Å²) < 4.78 is 0. The Morgan fingerprint density at radius 3 is 3.08 bits per heavy atom. The molecule has 1 heterocycles. The number of nitrogens with zero attached hydrogens (tertiary/aromatic N) is 1. The van der Waals surface area contributed by atoms with Gasteiger partial charge in [0.25, 0.3) is 0 Å². The van der Waals surface area contributed by atoms with Crippen LogP contribution >= 0.6 is 11.3 Å². The SMILES string of the molecule is CNC(CC(=O)O)c1nccs1. The average molecular weight is 186 g/mol. The zero-order valence-electron chi connectivity index (χ0n) is 6.65. The fraction of sp³-hybridized carbons (Fsp3) is 0.429. The van der Waals surface area contributed by atoms with Crippen LogP contribution in [0.25, 0.3) is 0 Å². The minimum atomic E-state index is -0.815. The molecule has 1 rings (SSSR count). The van der Waals surface area contributed by atoms with Gasteiger partial charge < -0.3 is 10.4 Å². The first-order chi connectivity index (χ1) is 5.74. The number of aromatic nitrogens is 1. The summed E-state index contributed by atoms with van der Waals surface area (Å²) in [6, 6.07) is -0.164. The molecule has 0 amide bonds. The molecule has 0 fully saturated rings. The third-order valence-electron chi connectivity index (χ3n) is 1.48. The number of hydrogen-bond acceptors (Lipinski definition) is 4. The first-order valence-electron chi connectivity index (χ1n) is 3.52. The lowest BCUT2D eigenvalue weighted by Crippen LogP contribution is -2.19. The lowest BCUT2D eigenvalue weighted by atomic mass is 10.2. The Morgan fingerprint density at radius 2 is 2.67 bits per heavy atom. The van der Waals surface area contributed by atoms with E-state index >= 15 is 0 Å². The van der Waals surface area contributed by atoms with Crippen molar-refractivity contribution in [2.75, 3.05) is 7.05 Å². The molecule has 1 aromatic heterocycles. The molecule has 0 aliphatic rings. The Morgan fingerprint density at radius 1 is 1.92 bits per heavy atom. The predicted molar refractivity (Wildman–Crippen MR) is 46.2 cm³/mol. The molecule has 0 bridgehead atoms. The molecule has 0 saturated carbocycles. The molecule has 0 aliphatic carbocycles. The molecular weight excluding hydrogens is 176 g/mol. The van der Waals surface area contributed by atoms with Crippen molar-refractivity contribution in [2.45, 2.75) is 12.5 Å². The maximum Gasteiger partial charge on any atom is 0.305 e. The molecule has 0 aromatic carbocycles. The number of thiazole rings is 1. The quantitative estimate of drug-likeness (QED) is 0.732. The minimum absolute atomic E-state index is 0.0734. The number of carboxylic acid groups (broad SMARTS) is 1. The van der Waals surface area contributed by atoms with E-state index in [1.165, 1.54) is 11.3 Å². The number of hydrogen-bond donors (Lipinski definition) is 2. The monoisotopic (exact) mass is 186 g/mol. The zero-order valence-corrected chi connectivity index (χ0v) is 7.47. The van der Waals surface area contributed by atoms with Gasteiger partial charge in [0.05, 0.1) is 12.5 Å². The van der Waals surface area contributed by atoms with Crippen LogP contribution in [0.15, 0.2) is 11.6 Å². The first-order valence-corrected chi connectivity index (χ1v) is 4.40. The lowest BCUT2D eigenvalue weighted by Gasteiger charge is -2.09. The van der Waals surface area contributed by atoms with Crippen LogP contribution in [-0.2, 0) is 4.79 Å². The molecule has 66 valence electrons. The van der Waals surface area contributed by atoms with Crippen molar-refractivity contribution < 1.29 is 9.90 Å². The standard InChI is InChI=1S/C7H10N2O2S/c1-8-5(4-6(10)11)7-9-2-3-12-7/h2-3,5,8H,4H2,1H3,(H,10,11). The van der Waals surface area contributed by atoms with Crippen LogP contribution < -0.4 is 5.32 Å². The van der Waals surface area contributed by atoms with Crippen LogP contribution in [0.3, 0.4) is 0 Å². The number of carbonyl (C=O) groups is 1. The van der Waals surface area contributed by atoms with E-state index in [1.54, 1.807) is 13.2 Å². The fourth-order valence-corrected chi connectivity index (χ4v) is 1.64. The van der Waals surface area contributed by atoms with E-state index < -0.39 is 5.97 Å². The van der Waals surface area contributed by atoms with Gasteiger partial charge in [0.1, 0.15) is 5.01 Å². The van der Waals surface area contributed by atoms with Gasteiger partial charge in [0.15, 0.2) is 0 Å². The Balaban J connectivity index is 2.63. The molecule has 12 heavy (non-hydrogen) atoms. The van der Waals surface area contributed by atoms with Crippen LogP contribution in [0.5, 0.6) is 0 Å². The van der Waals surface area contributed by atoms with Crippen molar-refractivity contribution in [1.82, 2.24) is 10.3 Å². The number of rotatable bonds is 4. The smallest absolute Gasteiger partial charge is 0.305 e. The van der Waals surface area contributed by atoms with Crippen molar-refractivity contribution in [3.05, 3.63) is 16.6 Å². The second-order valence-electron chi connectivity index (χ2n) is 2.31. The Hall–Kier alpha value is -0.940. The summed E-state index contributed by atoms with van der Waals surface area (Å²) in [6.45, 7) is 0. The highest BCUT2D eigenvalue weighted by atomic mass is 32.1. The third kappa shape index (κ3) is 2.28. The molecule has 0 spiro atoms. The summed E-state index contributed by atoms with van der Waals surface area (Å²) in [4.78, 5) is 14.4. The van der Waals surface area contributed by atoms with Crippen LogP contribution in [-0.4, -0.2) is 23.1 Å². The number of nitrogens with one attached hydrogen (secondary N) is 1. The maximum atomic E-state index is 10.4. The van der Waals surface area contributed by atoms with Gasteiger partial charge in [-0.15, -0.1) is 11.3 Å². The molecule has 1 atom stereocenters. The van der Waals surface area contributed by atoms with Crippen molar-refractivity contribution in [3.63, 3.8) is 0 Å². The van der Waals surface area contributed by atoms with Gasteiger partial charge >= 0.3 is 5.97 Å².